The van der Waals surface area contributed by atoms with E-state index < -0.39 is 0 Å². The van der Waals surface area contributed by atoms with E-state index in [1.54, 1.807) is 6.07 Å². The summed E-state index contributed by atoms with van der Waals surface area (Å²) in [4.78, 5) is 0. The average molecular weight is 407 g/mol. The van der Waals surface area contributed by atoms with Gasteiger partial charge in [0.25, 0.3) is 0 Å². The van der Waals surface area contributed by atoms with Crippen molar-refractivity contribution in [3.8, 4) is 5.75 Å². The van der Waals surface area contributed by atoms with E-state index in [1.165, 1.54) is 12.3 Å². The van der Waals surface area contributed by atoms with Crippen LogP contribution in [0.4, 0.5) is 5.69 Å². The number of benzene rings is 2. The summed E-state index contributed by atoms with van der Waals surface area (Å²) >= 11 is 13.9. The predicted octanol–water partition coefficient (Wildman–Crippen LogP) is 4.75. The highest BCUT2D eigenvalue weighted by atomic mass is 127. The SMILES string of the molecule is Oc1c(Cl)cc(Cl)cc1/C=N/Nc1ccc(I)cc1. The van der Waals surface area contributed by atoms with Gasteiger partial charge in [0.15, 0.2) is 0 Å². The molecular formula is C13H9Cl2IN2O. The maximum atomic E-state index is 9.74. The minimum Gasteiger partial charge on any atom is -0.506 e. The summed E-state index contributed by atoms with van der Waals surface area (Å²) < 4.78 is 1.14. The number of aromatic hydroxyl groups is 1. The van der Waals surface area contributed by atoms with Gasteiger partial charge in [-0.2, -0.15) is 5.10 Å². The minimum absolute atomic E-state index is 0.0424. The van der Waals surface area contributed by atoms with Crippen molar-refractivity contribution in [2.75, 3.05) is 5.43 Å². The molecule has 98 valence electrons. The van der Waals surface area contributed by atoms with Crippen LogP contribution in [-0.2, 0) is 0 Å². The van der Waals surface area contributed by atoms with Crippen molar-refractivity contribution < 1.29 is 5.11 Å². The number of anilines is 1. The van der Waals surface area contributed by atoms with Gasteiger partial charge in [-0.25, -0.2) is 0 Å². The van der Waals surface area contributed by atoms with Crippen LogP contribution in [0.25, 0.3) is 0 Å². The highest BCUT2D eigenvalue weighted by Crippen LogP contribution is 2.29. The second kappa shape index (κ2) is 6.45. The van der Waals surface area contributed by atoms with Gasteiger partial charge in [-0.05, 0) is 59.0 Å². The average Bonchev–Trinajstić information content (AvgIpc) is 2.37. The fourth-order valence-corrected chi connectivity index (χ4v) is 2.25. The van der Waals surface area contributed by atoms with E-state index in [0.717, 1.165) is 9.26 Å². The lowest BCUT2D eigenvalue weighted by atomic mass is 10.2. The van der Waals surface area contributed by atoms with Crippen LogP contribution in [0, 0.1) is 3.57 Å². The molecule has 0 aromatic heterocycles. The number of phenolic OH excluding ortho intramolecular Hbond substituents is 1. The van der Waals surface area contributed by atoms with Crippen LogP contribution in [0.15, 0.2) is 41.5 Å². The van der Waals surface area contributed by atoms with E-state index in [0.29, 0.717) is 10.6 Å². The Balaban J connectivity index is 2.13. The van der Waals surface area contributed by atoms with Crippen molar-refractivity contribution in [1.29, 1.82) is 0 Å². The standard InChI is InChI=1S/C13H9Cl2IN2O/c14-9-5-8(13(19)12(15)6-9)7-17-18-11-3-1-10(16)2-4-11/h1-7,18-19H/b17-7+. The van der Waals surface area contributed by atoms with E-state index >= 15 is 0 Å². The van der Waals surface area contributed by atoms with Gasteiger partial charge in [-0.3, -0.25) is 5.43 Å². The van der Waals surface area contributed by atoms with Crippen LogP contribution in [0.2, 0.25) is 10.0 Å². The maximum Gasteiger partial charge on any atom is 0.143 e. The Morgan fingerprint density at radius 3 is 2.53 bits per heavy atom. The first-order valence-corrected chi connectivity index (χ1v) is 7.12. The van der Waals surface area contributed by atoms with Gasteiger partial charge in [-0.15, -0.1) is 0 Å². The Hall–Kier alpha value is -0.980. The van der Waals surface area contributed by atoms with Crippen LogP contribution in [-0.4, -0.2) is 11.3 Å². The molecule has 0 radical (unpaired) electrons. The van der Waals surface area contributed by atoms with E-state index in [2.05, 4.69) is 33.1 Å². The third-order valence-corrected chi connectivity index (χ3v) is 3.52. The molecule has 0 spiro atoms. The molecule has 0 aliphatic rings. The largest absolute Gasteiger partial charge is 0.506 e. The Morgan fingerprint density at radius 2 is 1.84 bits per heavy atom. The number of nitrogens with one attached hydrogen (secondary N) is 1. The summed E-state index contributed by atoms with van der Waals surface area (Å²) in [5.41, 5.74) is 4.16. The van der Waals surface area contributed by atoms with Crippen molar-refractivity contribution in [1.82, 2.24) is 0 Å². The van der Waals surface area contributed by atoms with E-state index in [4.69, 9.17) is 23.2 Å². The van der Waals surface area contributed by atoms with Crippen LogP contribution >= 0.6 is 45.8 Å². The molecule has 0 fully saturated rings. The smallest absolute Gasteiger partial charge is 0.143 e. The highest BCUT2D eigenvalue weighted by Gasteiger charge is 2.05. The first kappa shape index (κ1) is 14.4. The summed E-state index contributed by atoms with van der Waals surface area (Å²) in [6.45, 7) is 0. The van der Waals surface area contributed by atoms with Gasteiger partial charge in [0, 0.05) is 14.2 Å². The summed E-state index contributed by atoms with van der Waals surface area (Å²) in [7, 11) is 0. The molecule has 6 heteroatoms. The highest BCUT2D eigenvalue weighted by molar-refractivity contribution is 14.1. The summed E-state index contributed by atoms with van der Waals surface area (Å²) in [6, 6.07) is 10.8. The normalized spacial score (nSPS) is 10.9. The van der Waals surface area contributed by atoms with Gasteiger partial charge in [-0.1, -0.05) is 23.2 Å². The van der Waals surface area contributed by atoms with Crippen LogP contribution in [0.3, 0.4) is 0 Å². The molecule has 0 saturated carbocycles. The molecule has 0 aliphatic carbocycles. The molecule has 0 atom stereocenters. The molecule has 0 saturated heterocycles. The fourth-order valence-electron chi connectivity index (χ4n) is 1.39. The first-order valence-electron chi connectivity index (χ1n) is 5.29. The van der Waals surface area contributed by atoms with Crippen molar-refractivity contribution >= 4 is 57.7 Å². The van der Waals surface area contributed by atoms with Crippen molar-refractivity contribution in [3.63, 3.8) is 0 Å². The number of nitrogens with zero attached hydrogens (tertiary/aromatic N) is 1. The number of halogens is 3. The molecule has 0 bridgehead atoms. The van der Waals surface area contributed by atoms with Crippen LogP contribution in [0.5, 0.6) is 5.75 Å². The third-order valence-electron chi connectivity index (χ3n) is 2.30. The molecule has 3 nitrogen and oxygen atoms in total. The molecule has 2 N–H and O–H groups in total. The zero-order chi connectivity index (χ0) is 13.8. The maximum absolute atomic E-state index is 9.74. The third kappa shape index (κ3) is 3.99. The lowest BCUT2D eigenvalue weighted by Gasteiger charge is -2.03. The topological polar surface area (TPSA) is 44.6 Å². The summed E-state index contributed by atoms with van der Waals surface area (Å²) in [6.07, 6.45) is 1.46. The van der Waals surface area contributed by atoms with Crippen molar-refractivity contribution in [2.24, 2.45) is 5.10 Å². The quantitative estimate of drug-likeness (QED) is 0.439. The van der Waals surface area contributed by atoms with Gasteiger partial charge >= 0.3 is 0 Å². The minimum atomic E-state index is -0.0424. The number of hydrogen-bond acceptors (Lipinski definition) is 3. The van der Waals surface area contributed by atoms with Gasteiger partial charge in [0.1, 0.15) is 5.75 Å². The van der Waals surface area contributed by atoms with E-state index in [9.17, 15) is 5.11 Å². The Bertz CT molecular complexity index is 615. The second-order valence-electron chi connectivity index (χ2n) is 3.70. The van der Waals surface area contributed by atoms with Gasteiger partial charge in [0.2, 0.25) is 0 Å². The Morgan fingerprint density at radius 1 is 1.16 bits per heavy atom. The van der Waals surface area contributed by atoms with E-state index in [1.807, 2.05) is 24.3 Å². The lowest BCUT2D eigenvalue weighted by molar-refractivity contribution is 0.475. The van der Waals surface area contributed by atoms with Crippen molar-refractivity contribution in [2.45, 2.75) is 0 Å². The summed E-state index contributed by atoms with van der Waals surface area (Å²) in [5.74, 6) is -0.0424. The molecule has 0 unspecified atom stereocenters. The molecule has 2 aromatic rings. The Labute approximate surface area is 134 Å². The van der Waals surface area contributed by atoms with Gasteiger partial charge < -0.3 is 5.11 Å². The zero-order valence-electron chi connectivity index (χ0n) is 9.57. The summed E-state index contributed by atoms with van der Waals surface area (Å²) in [5, 5.41) is 14.4. The number of hydrazone groups is 1. The zero-order valence-corrected chi connectivity index (χ0v) is 13.2. The molecule has 2 rings (SSSR count). The molecule has 19 heavy (non-hydrogen) atoms. The molecule has 0 heterocycles. The molecule has 2 aromatic carbocycles. The number of hydrogen-bond donors (Lipinski definition) is 2. The molecule has 0 amide bonds. The van der Waals surface area contributed by atoms with E-state index in [-0.39, 0.29) is 10.8 Å². The fraction of sp³-hybridized carbons (Fsp3) is 0. The lowest BCUT2D eigenvalue weighted by Crippen LogP contribution is -1.91. The first-order chi connectivity index (χ1) is 9.06. The predicted molar refractivity (Wildman–Crippen MR) is 88.5 cm³/mol. The number of rotatable bonds is 3. The molecular weight excluding hydrogens is 398 g/mol. The monoisotopic (exact) mass is 406 g/mol. The number of phenols is 1. The van der Waals surface area contributed by atoms with Crippen LogP contribution < -0.4 is 5.43 Å². The van der Waals surface area contributed by atoms with Crippen LogP contribution in [0.1, 0.15) is 5.56 Å². The molecule has 0 aliphatic heterocycles. The van der Waals surface area contributed by atoms with Crippen molar-refractivity contribution in [3.05, 3.63) is 55.6 Å². The second-order valence-corrected chi connectivity index (χ2v) is 5.79. The van der Waals surface area contributed by atoms with Gasteiger partial charge in [0.05, 0.1) is 16.9 Å². The Kier molecular flexibility index (Phi) is 4.90.